The van der Waals surface area contributed by atoms with Crippen LogP contribution in [0.5, 0.6) is 0 Å². The number of nitrogens with zero attached hydrogens (tertiary/aromatic N) is 2. The summed E-state index contributed by atoms with van der Waals surface area (Å²) in [4.78, 5) is 32.9. The van der Waals surface area contributed by atoms with Crippen LogP contribution in [0.2, 0.25) is 0 Å². The van der Waals surface area contributed by atoms with Gasteiger partial charge in [0.15, 0.2) is 0 Å². The standard InChI is InChI=1S/C17H24N4O4/c1-6-12(4)20-24-16(22)18-14-9-8-11(3)15(10-14)19-17(23)25-21-13(5)7-2/h8-10H,6-7H2,1-5H3,(H,18,22)(H,19,23)/b20-12-,21-13-. The molecule has 1 aromatic rings. The molecule has 2 amide bonds. The number of anilines is 2. The van der Waals surface area contributed by atoms with E-state index in [9.17, 15) is 9.59 Å². The number of oxime groups is 2. The molecule has 0 unspecified atom stereocenters. The number of aryl methyl sites for hydroxylation is 1. The van der Waals surface area contributed by atoms with Gasteiger partial charge in [0.1, 0.15) is 0 Å². The number of carbonyl (C=O) groups excluding carboxylic acids is 2. The number of rotatable bonds is 6. The van der Waals surface area contributed by atoms with Gasteiger partial charge in [-0.3, -0.25) is 20.3 Å². The van der Waals surface area contributed by atoms with Crippen molar-refractivity contribution in [2.24, 2.45) is 10.3 Å². The SMILES string of the molecule is CC/C(C)=N\OC(=O)Nc1ccc(C)c(NC(=O)O/N=C(/C)CC)c1. The lowest BCUT2D eigenvalue weighted by molar-refractivity contribution is 0.165. The molecule has 0 fully saturated rings. The van der Waals surface area contributed by atoms with Crippen molar-refractivity contribution in [3.05, 3.63) is 23.8 Å². The minimum atomic E-state index is -0.714. The van der Waals surface area contributed by atoms with E-state index in [0.717, 1.165) is 5.56 Å². The predicted octanol–water partition coefficient (Wildman–Crippen LogP) is 4.66. The van der Waals surface area contributed by atoms with Crippen LogP contribution in [0.1, 0.15) is 46.1 Å². The lowest BCUT2D eigenvalue weighted by atomic mass is 10.2. The first-order valence-electron chi connectivity index (χ1n) is 7.99. The molecule has 0 aliphatic carbocycles. The van der Waals surface area contributed by atoms with E-state index in [4.69, 9.17) is 9.68 Å². The summed E-state index contributed by atoms with van der Waals surface area (Å²) in [5.74, 6) is 0. The van der Waals surface area contributed by atoms with Gasteiger partial charge < -0.3 is 0 Å². The molecule has 0 aromatic heterocycles. The molecule has 0 saturated heterocycles. The number of carbonyl (C=O) groups is 2. The summed E-state index contributed by atoms with van der Waals surface area (Å²) in [7, 11) is 0. The highest BCUT2D eigenvalue weighted by Gasteiger charge is 2.09. The molecular formula is C17H24N4O4. The third-order valence-corrected chi connectivity index (χ3v) is 3.31. The zero-order valence-electron chi connectivity index (χ0n) is 15.2. The normalized spacial score (nSPS) is 11.7. The fourth-order valence-corrected chi connectivity index (χ4v) is 1.48. The quantitative estimate of drug-likeness (QED) is 0.443. The van der Waals surface area contributed by atoms with Crippen molar-refractivity contribution >= 4 is 35.0 Å². The number of hydrogen-bond acceptors (Lipinski definition) is 6. The molecule has 0 bridgehead atoms. The van der Waals surface area contributed by atoms with Gasteiger partial charge in [-0.15, -0.1) is 0 Å². The number of hydrogen-bond donors (Lipinski definition) is 2. The Labute approximate surface area is 147 Å². The molecule has 0 aliphatic rings. The predicted molar refractivity (Wildman–Crippen MR) is 98.2 cm³/mol. The number of amides is 2. The zero-order chi connectivity index (χ0) is 18.8. The summed E-state index contributed by atoms with van der Waals surface area (Å²) >= 11 is 0. The molecule has 1 aromatic carbocycles. The smallest absolute Gasteiger partial charge is 0.298 e. The van der Waals surface area contributed by atoms with Gasteiger partial charge in [0.25, 0.3) is 0 Å². The fraction of sp³-hybridized carbons (Fsp3) is 0.412. The molecule has 25 heavy (non-hydrogen) atoms. The first-order valence-corrected chi connectivity index (χ1v) is 7.99. The molecule has 8 heteroatoms. The van der Waals surface area contributed by atoms with Gasteiger partial charge in [-0.25, -0.2) is 9.59 Å². The molecule has 0 heterocycles. The Morgan fingerprint density at radius 3 is 2.00 bits per heavy atom. The average Bonchev–Trinajstić information content (AvgIpc) is 2.60. The molecule has 1 rings (SSSR count). The minimum Gasteiger partial charge on any atom is -0.298 e. The summed E-state index contributed by atoms with van der Waals surface area (Å²) in [6.07, 6.45) is -0.0472. The van der Waals surface area contributed by atoms with Crippen molar-refractivity contribution in [3.8, 4) is 0 Å². The molecule has 0 radical (unpaired) electrons. The van der Waals surface area contributed by atoms with Crippen molar-refractivity contribution in [2.75, 3.05) is 10.6 Å². The third-order valence-electron chi connectivity index (χ3n) is 3.31. The van der Waals surface area contributed by atoms with E-state index in [1.807, 2.05) is 20.8 Å². The van der Waals surface area contributed by atoms with Crippen LogP contribution in [0.3, 0.4) is 0 Å². The second kappa shape index (κ2) is 10.1. The van der Waals surface area contributed by atoms with E-state index in [2.05, 4.69) is 20.9 Å². The van der Waals surface area contributed by atoms with Gasteiger partial charge in [0.05, 0.1) is 11.4 Å². The van der Waals surface area contributed by atoms with Crippen molar-refractivity contribution in [2.45, 2.75) is 47.5 Å². The highest BCUT2D eigenvalue weighted by atomic mass is 16.7. The maximum absolute atomic E-state index is 11.8. The number of nitrogens with one attached hydrogen (secondary N) is 2. The lowest BCUT2D eigenvalue weighted by Crippen LogP contribution is -2.14. The summed E-state index contributed by atoms with van der Waals surface area (Å²) in [5.41, 5.74) is 3.14. The fourth-order valence-electron chi connectivity index (χ4n) is 1.48. The Balaban J connectivity index is 2.72. The summed E-state index contributed by atoms with van der Waals surface area (Å²) < 4.78 is 0. The highest BCUT2D eigenvalue weighted by molar-refractivity contribution is 5.90. The topological polar surface area (TPSA) is 101 Å². The third kappa shape index (κ3) is 7.47. The summed E-state index contributed by atoms with van der Waals surface area (Å²) in [6.45, 7) is 9.15. The molecule has 0 atom stereocenters. The molecule has 2 N–H and O–H groups in total. The minimum absolute atomic E-state index is 0.448. The Bertz CT molecular complexity index is 683. The van der Waals surface area contributed by atoms with Crippen LogP contribution in [0, 0.1) is 6.92 Å². The number of benzene rings is 1. The first-order chi connectivity index (χ1) is 11.8. The Hall–Kier alpha value is -2.90. The van der Waals surface area contributed by atoms with Gasteiger partial charge in [0.2, 0.25) is 0 Å². The van der Waals surface area contributed by atoms with Crippen molar-refractivity contribution < 1.29 is 19.3 Å². The Kier molecular flexibility index (Phi) is 8.11. The van der Waals surface area contributed by atoms with Crippen LogP contribution in [0.15, 0.2) is 28.5 Å². The van der Waals surface area contributed by atoms with Crippen LogP contribution < -0.4 is 10.6 Å². The monoisotopic (exact) mass is 348 g/mol. The van der Waals surface area contributed by atoms with E-state index in [1.165, 1.54) is 0 Å². The molecular weight excluding hydrogens is 324 g/mol. The van der Waals surface area contributed by atoms with Gasteiger partial charge >= 0.3 is 12.2 Å². The lowest BCUT2D eigenvalue weighted by Gasteiger charge is -2.10. The van der Waals surface area contributed by atoms with Gasteiger partial charge in [-0.2, -0.15) is 0 Å². The molecule has 136 valence electrons. The van der Waals surface area contributed by atoms with Gasteiger partial charge in [-0.1, -0.05) is 30.2 Å². The first kappa shape index (κ1) is 20.1. The maximum Gasteiger partial charge on any atom is 0.437 e. The van der Waals surface area contributed by atoms with E-state index >= 15 is 0 Å². The van der Waals surface area contributed by atoms with Crippen LogP contribution in [-0.4, -0.2) is 23.6 Å². The second-order valence-corrected chi connectivity index (χ2v) is 5.40. The Morgan fingerprint density at radius 1 is 0.960 bits per heavy atom. The zero-order valence-corrected chi connectivity index (χ0v) is 15.2. The van der Waals surface area contributed by atoms with Crippen LogP contribution in [-0.2, 0) is 9.68 Å². The Morgan fingerprint density at radius 2 is 1.48 bits per heavy atom. The van der Waals surface area contributed by atoms with Crippen molar-refractivity contribution in [3.63, 3.8) is 0 Å². The van der Waals surface area contributed by atoms with Crippen molar-refractivity contribution in [1.29, 1.82) is 0 Å². The summed E-state index contributed by atoms with van der Waals surface area (Å²) in [6, 6.07) is 5.01. The van der Waals surface area contributed by atoms with Crippen molar-refractivity contribution in [1.82, 2.24) is 0 Å². The summed E-state index contributed by atoms with van der Waals surface area (Å²) in [5, 5.41) is 12.5. The second-order valence-electron chi connectivity index (χ2n) is 5.40. The van der Waals surface area contributed by atoms with E-state index in [0.29, 0.717) is 35.6 Å². The molecule has 0 aliphatic heterocycles. The largest absolute Gasteiger partial charge is 0.437 e. The van der Waals surface area contributed by atoms with E-state index in [1.54, 1.807) is 32.0 Å². The molecule has 8 nitrogen and oxygen atoms in total. The van der Waals surface area contributed by atoms with Crippen LogP contribution in [0.4, 0.5) is 21.0 Å². The van der Waals surface area contributed by atoms with Crippen LogP contribution >= 0.6 is 0 Å². The average molecular weight is 348 g/mol. The van der Waals surface area contributed by atoms with Gasteiger partial charge in [-0.05, 0) is 51.3 Å². The highest BCUT2D eigenvalue weighted by Crippen LogP contribution is 2.20. The maximum atomic E-state index is 11.8. The van der Waals surface area contributed by atoms with E-state index < -0.39 is 12.2 Å². The molecule has 0 saturated carbocycles. The molecule has 0 spiro atoms. The van der Waals surface area contributed by atoms with Gasteiger partial charge in [0, 0.05) is 11.4 Å². The van der Waals surface area contributed by atoms with Crippen LogP contribution in [0.25, 0.3) is 0 Å². The van der Waals surface area contributed by atoms with E-state index in [-0.39, 0.29) is 0 Å².